The van der Waals surface area contributed by atoms with Crippen LogP contribution in [0.1, 0.15) is 23.8 Å². The van der Waals surface area contributed by atoms with Crippen molar-refractivity contribution in [3.05, 3.63) is 47.4 Å². The SMILES string of the molecule is O=C(NCC(O)c1cc2ccccc2s1)C1CC=CC1. The quantitative estimate of drug-likeness (QED) is 0.849. The highest BCUT2D eigenvalue weighted by atomic mass is 32.1. The van der Waals surface area contributed by atoms with Crippen LogP contribution in [0.4, 0.5) is 0 Å². The van der Waals surface area contributed by atoms with E-state index in [9.17, 15) is 9.90 Å². The van der Waals surface area contributed by atoms with Gasteiger partial charge in [0.05, 0.1) is 0 Å². The van der Waals surface area contributed by atoms with Gasteiger partial charge in [-0.3, -0.25) is 4.79 Å². The van der Waals surface area contributed by atoms with E-state index in [-0.39, 0.29) is 18.4 Å². The average Bonchev–Trinajstić information content (AvgIpc) is 3.12. The van der Waals surface area contributed by atoms with Crippen LogP contribution in [0.25, 0.3) is 10.1 Å². The molecular formula is C16H17NO2S. The number of aliphatic hydroxyl groups excluding tert-OH is 1. The lowest BCUT2D eigenvalue weighted by atomic mass is 10.1. The third-order valence-corrected chi connectivity index (χ3v) is 4.84. The van der Waals surface area contributed by atoms with Gasteiger partial charge in [0.25, 0.3) is 0 Å². The maximum absolute atomic E-state index is 11.9. The number of hydrogen-bond donors (Lipinski definition) is 2. The number of amides is 1. The van der Waals surface area contributed by atoms with E-state index < -0.39 is 6.10 Å². The molecule has 0 spiro atoms. The second kappa shape index (κ2) is 5.77. The average molecular weight is 287 g/mol. The summed E-state index contributed by atoms with van der Waals surface area (Å²) in [7, 11) is 0. The van der Waals surface area contributed by atoms with Crippen molar-refractivity contribution in [2.45, 2.75) is 18.9 Å². The number of allylic oxidation sites excluding steroid dienone is 2. The zero-order valence-electron chi connectivity index (χ0n) is 11.1. The summed E-state index contributed by atoms with van der Waals surface area (Å²) < 4.78 is 1.16. The Labute approximate surface area is 121 Å². The summed E-state index contributed by atoms with van der Waals surface area (Å²) in [5, 5.41) is 14.2. The Kier molecular flexibility index (Phi) is 3.85. The first-order valence-electron chi connectivity index (χ1n) is 6.83. The van der Waals surface area contributed by atoms with E-state index in [0.29, 0.717) is 0 Å². The van der Waals surface area contributed by atoms with Gasteiger partial charge >= 0.3 is 0 Å². The summed E-state index contributed by atoms with van der Waals surface area (Å²) in [5.74, 6) is 0.0831. The molecule has 0 aliphatic heterocycles. The van der Waals surface area contributed by atoms with Crippen LogP contribution < -0.4 is 5.32 Å². The molecule has 3 rings (SSSR count). The van der Waals surface area contributed by atoms with Crippen LogP contribution in [-0.4, -0.2) is 17.6 Å². The fourth-order valence-corrected chi connectivity index (χ4v) is 3.49. The number of fused-ring (bicyclic) bond motifs is 1. The number of nitrogens with one attached hydrogen (secondary N) is 1. The third-order valence-electron chi connectivity index (χ3n) is 3.62. The molecule has 1 unspecified atom stereocenters. The summed E-state index contributed by atoms with van der Waals surface area (Å²) in [4.78, 5) is 12.8. The maximum atomic E-state index is 11.9. The van der Waals surface area contributed by atoms with Crippen molar-refractivity contribution in [2.24, 2.45) is 5.92 Å². The van der Waals surface area contributed by atoms with E-state index in [1.807, 2.05) is 42.5 Å². The Morgan fingerprint density at radius 3 is 2.85 bits per heavy atom. The Morgan fingerprint density at radius 1 is 1.35 bits per heavy atom. The Hall–Kier alpha value is -1.65. The van der Waals surface area contributed by atoms with Crippen LogP contribution in [0.2, 0.25) is 0 Å². The minimum Gasteiger partial charge on any atom is -0.386 e. The molecule has 104 valence electrons. The predicted molar refractivity (Wildman–Crippen MR) is 81.7 cm³/mol. The van der Waals surface area contributed by atoms with Gasteiger partial charge in [0.2, 0.25) is 5.91 Å². The van der Waals surface area contributed by atoms with Gasteiger partial charge in [-0.25, -0.2) is 0 Å². The van der Waals surface area contributed by atoms with Crippen molar-refractivity contribution in [1.29, 1.82) is 0 Å². The summed E-state index contributed by atoms with van der Waals surface area (Å²) in [6.07, 6.45) is 5.06. The van der Waals surface area contributed by atoms with Crippen LogP contribution in [0.15, 0.2) is 42.5 Å². The van der Waals surface area contributed by atoms with E-state index in [0.717, 1.165) is 27.8 Å². The molecule has 1 amide bonds. The number of thiophene rings is 1. The number of hydrogen-bond acceptors (Lipinski definition) is 3. The monoisotopic (exact) mass is 287 g/mol. The topological polar surface area (TPSA) is 49.3 Å². The van der Waals surface area contributed by atoms with Gasteiger partial charge in [-0.15, -0.1) is 11.3 Å². The largest absolute Gasteiger partial charge is 0.386 e. The molecule has 1 atom stereocenters. The zero-order chi connectivity index (χ0) is 13.9. The van der Waals surface area contributed by atoms with E-state index >= 15 is 0 Å². The fraction of sp³-hybridized carbons (Fsp3) is 0.312. The molecule has 2 aromatic rings. The Bertz CT molecular complexity index is 606. The van der Waals surface area contributed by atoms with Crippen LogP contribution >= 0.6 is 11.3 Å². The van der Waals surface area contributed by atoms with E-state index in [1.54, 1.807) is 11.3 Å². The summed E-state index contributed by atoms with van der Waals surface area (Å²) >= 11 is 1.58. The van der Waals surface area contributed by atoms with Crippen molar-refractivity contribution in [2.75, 3.05) is 6.54 Å². The Balaban J connectivity index is 1.61. The fourth-order valence-electron chi connectivity index (χ4n) is 2.44. The van der Waals surface area contributed by atoms with Gasteiger partial charge in [0.15, 0.2) is 0 Å². The second-order valence-corrected chi connectivity index (χ2v) is 6.20. The minimum atomic E-state index is -0.634. The van der Waals surface area contributed by atoms with Crippen LogP contribution in [0.3, 0.4) is 0 Å². The van der Waals surface area contributed by atoms with Crippen molar-refractivity contribution in [1.82, 2.24) is 5.32 Å². The lowest BCUT2D eigenvalue weighted by molar-refractivity contribution is -0.125. The molecule has 4 heteroatoms. The first-order valence-corrected chi connectivity index (χ1v) is 7.65. The molecule has 1 heterocycles. The highest BCUT2D eigenvalue weighted by Gasteiger charge is 2.20. The van der Waals surface area contributed by atoms with Crippen LogP contribution in [0, 0.1) is 5.92 Å². The van der Waals surface area contributed by atoms with Crippen molar-refractivity contribution in [3.63, 3.8) is 0 Å². The molecule has 0 saturated carbocycles. The molecule has 2 N–H and O–H groups in total. The maximum Gasteiger partial charge on any atom is 0.223 e. The first kappa shape index (κ1) is 13.3. The molecular weight excluding hydrogens is 270 g/mol. The molecule has 0 saturated heterocycles. The summed E-state index contributed by atoms with van der Waals surface area (Å²) in [6, 6.07) is 10.0. The van der Waals surface area contributed by atoms with Gasteiger partial charge in [-0.05, 0) is 30.4 Å². The molecule has 1 aliphatic carbocycles. The molecule has 1 aromatic heterocycles. The van der Waals surface area contributed by atoms with Crippen molar-refractivity contribution < 1.29 is 9.90 Å². The molecule has 0 fully saturated rings. The number of carbonyl (C=O) groups excluding carboxylic acids is 1. The number of benzene rings is 1. The van der Waals surface area contributed by atoms with E-state index in [1.165, 1.54) is 0 Å². The van der Waals surface area contributed by atoms with Gasteiger partial charge in [0, 0.05) is 22.0 Å². The lowest BCUT2D eigenvalue weighted by Gasteiger charge is -2.13. The molecule has 20 heavy (non-hydrogen) atoms. The van der Waals surface area contributed by atoms with Gasteiger partial charge < -0.3 is 10.4 Å². The Morgan fingerprint density at radius 2 is 2.10 bits per heavy atom. The lowest BCUT2D eigenvalue weighted by Crippen LogP contribution is -2.32. The normalized spacial score (nSPS) is 16.6. The van der Waals surface area contributed by atoms with Crippen molar-refractivity contribution in [3.8, 4) is 0 Å². The molecule has 0 radical (unpaired) electrons. The van der Waals surface area contributed by atoms with Gasteiger partial charge in [-0.2, -0.15) is 0 Å². The zero-order valence-corrected chi connectivity index (χ0v) is 11.9. The van der Waals surface area contributed by atoms with E-state index in [2.05, 4.69) is 5.32 Å². The third kappa shape index (κ3) is 2.76. The smallest absolute Gasteiger partial charge is 0.223 e. The van der Waals surface area contributed by atoms with Crippen molar-refractivity contribution >= 4 is 27.3 Å². The van der Waals surface area contributed by atoms with Gasteiger partial charge in [0.1, 0.15) is 6.10 Å². The van der Waals surface area contributed by atoms with Gasteiger partial charge in [-0.1, -0.05) is 30.4 Å². The molecule has 1 aliphatic rings. The minimum absolute atomic E-state index is 0.0372. The molecule has 3 nitrogen and oxygen atoms in total. The first-order chi connectivity index (χ1) is 9.74. The highest BCUT2D eigenvalue weighted by molar-refractivity contribution is 7.19. The number of aliphatic hydroxyl groups is 1. The number of rotatable bonds is 4. The van der Waals surface area contributed by atoms with Crippen LogP contribution in [0.5, 0.6) is 0 Å². The predicted octanol–water partition coefficient (Wildman–Crippen LogP) is 3.02. The highest BCUT2D eigenvalue weighted by Crippen LogP contribution is 2.29. The second-order valence-electron chi connectivity index (χ2n) is 5.09. The summed E-state index contributed by atoms with van der Waals surface area (Å²) in [5.41, 5.74) is 0. The van der Waals surface area contributed by atoms with E-state index in [4.69, 9.17) is 0 Å². The van der Waals surface area contributed by atoms with Crippen LogP contribution in [-0.2, 0) is 4.79 Å². The standard InChI is InChI=1S/C16H17NO2S/c18-13(10-17-16(19)11-5-1-2-6-11)15-9-12-7-3-4-8-14(12)20-15/h1-4,7-9,11,13,18H,5-6,10H2,(H,17,19). The molecule has 0 bridgehead atoms. The summed E-state index contributed by atoms with van der Waals surface area (Å²) in [6.45, 7) is 0.280. The number of carbonyl (C=O) groups is 1. The molecule has 1 aromatic carbocycles.